The molecule has 3 rings (SSSR count). The van der Waals surface area contributed by atoms with Crippen molar-refractivity contribution in [3.63, 3.8) is 0 Å². The molecule has 1 aromatic carbocycles. The van der Waals surface area contributed by atoms with Crippen LogP contribution in [0.15, 0.2) is 29.4 Å². The second-order valence-corrected chi connectivity index (χ2v) is 7.41. The van der Waals surface area contributed by atoms with Crippen LogP contribution in [0.1, 0.15) is 25.3 Å². The summed E-state index contributed by atoms with van der Waals surface area (Å²) in [5.41, 5.74) is -0.734. The van der Waals surface area contributed by atoms with E-state index in [0.29, 0.717) is 18.3 Å². The van der Waals surface area contributed by atoms with Gasteiger partial charge in [0.25, 0.3) is 0 Å². The van der Waals surface area contributed by atoms with E-state index in [4.69, 9.17) is 4.74 Å². The van der Waals surface area contributed by atoms with E-state index in [1.165, 1.54) is 12.1 Å². The Morgan fingerprint density at radius 2 is 2.30 bits per heavy atom. The molecular weight excluding hydrogens is 383 g/mol. The van der Waals surface area contributed by atoms with E-state index in [9.17, 15) is 18.0 Å². The molecule has 2 unspecified atom stereocenters. The van der Waals surface area contributed by atoms with Crippen molar-refractivity contribution in [2.24, 2.45) is 0 Å². The lowest BCUT2D eigenvalue weighted by Gasteiger charge is -2.14. The average molecular weight is 401 g/mol. The van der Waals surface area contributed by atoms with Gasteiger partial charge in [-0.15, -0.1) is 5.10 Å². The minimum absolute atomic E-state index is 0.0436. The number of carbonyl (C=O) groups is 1. The quantitative estimate of drug-likeness (QED) is 0.750. The summed E-state index contributed by atoms with van der Waals surface area (Å²) in [7, 11) is 0. The van der Waals surface area contributed by atoms with Crippen LogP contribution in [-0.2, 0) is 22.3 Å². The van der Waals surface area contributed by atoms with Gasteiger partial charge in [0.2, 0.25) is 11.1 Å². The number of nitrogens with zero attached hydrogens (tertiary/aromatic N) is 4. The van der Waals surface area contributed by atoms with E-state index >= 15 is 0 Å². The monoisotopic (exact) mass is 401 g/mol. The predicted octanol–water partition coefficient (Wildman–Crippen LogP) is 2.99. The number of alkyl halides is 3. The Labute approximate surface area is 157 Å². The normalized spacial score (nSPS) is 18.4. The second-order valence-electron chi connectivity index (χ2n) is 6.11. The molecule has 1 N–H and O–H groups in total. The van der Waals surface area contributed by atoms with Gasteiger partial charge in [0.1, 0.15) is 0 Å². The molecule has 2 aromatic rings. The first-order valence-electron chi connectivity index (χ1n) is 8.35. The maximum atomic E-state index is 12.8. The summed E-state index contributed by atoms with van der Waals surface area (Å²) >= 11 is 1.13. The van der Waals surface area contributed by atoms with Gasteiger partial charge in [0.15, 0.2) is 0 Å². The van der Waals surface area contributed by atoms with Gasteiger partial charge in [-0.1, -0.05) is 17.8 Å². The molecule has 1 aliphatic heterocycles. The number of nitrogens with one attached hydrogen (secondary N) is 1. The molecule has 1 aromatic heterocycles. The van der Waals surface area contributed by atoms with Crippen molar-refractivity contribution in [3.05, 3.63) is 29.8 Å². The maximum Gasteiger partial charge on any atom is 0.416 e. The summed E-state index contributed by atoms with van der Waals surface area (Å²) in [6.45, 7) is 2.85. The number of carbonyl (C=O) groups excluding carboxylic acids is 1. The van der Waals surface area contributed by atoms with Crippen LogP contribution in [0.3, 0.4) is 0 Å². The van der Waals surface area contributed by atoms with Crippen LogP contribution in [0.5, 0.6) is 0 Å². The Kier molecular flexibility index (Phi) is 6.00. The summed E-state index contributed by atoms with van der Waals surface area (Å²) in [5.74, 6) is -0.439. The standard InChI is InChI=1S/C16H18F3N5O2S/c1-10(14(25)20-12-5-2-4-11(8-12)16(17,18)19)27-15-21-22-23-24(15)9-13-6-3-7-26-13/h2,4-5,8,10,13H,3,6-7,9H2,1H3,(H,20,25). The average Bonchev–Trinajstić information content (AvgIpc) is 3.27. The first-order chi connectivity index (χ1) is 12.8. The number of aromatic nitrogens is 4. The molecule has 0 radical (unpaired) electrons. The Balaban J connectivity index is 1.61. The fraction of sp³-hybridized carbons (Fsp3) is 0.500. The third kappa shape index (κ3) is 5.19. The highest BCUT2D eigenvalue weighted by molar-refractivity contribution is 8.00. The third-order valence-electron chi connectivity index (χ3n) is 4.01. The van der Waals surface area contributed by atoms with Crippen molar-refractivity contribution in [3.8, 4) is 0 Å². The zero-order valence-corrected chi connectivity index (χ0v) is 15.3. The zero-order chi connectivity index (χ0) is 19.4. The van der Waals surface area contributed by atoms with Gasteiger partial charge >= 0.3 is 6.18 Å². The maximum absolute atomic E-state index is 12.8. The summed E-state index contributed by atoms with van der Waals surface area (Å²) in [6, 6.07) is 4.51. The molecule has 11 heteroatoms. The van der Waals surface area contributed by atoms with Gasteiger partial charge in [-0.25, -0.2) is 4.68 Å². The van der Waals surface area contributed by atoms with Gasteiger partial charge in [-0.2, -0.15) is 13.2 Å². The summed E-state index contributed by atoms with van der Waals surface area (Å²) in [5, 5.41) is 13.8. The summed E-state index contributed by atoms with van der Waals surface area (Å²) in [4.78, 5) is 12.3. The van der Waals surface area contributed by atoms with E-state index in [-0.39, 0.29) is 11.8 Å². The molecule has 2 heterocycles. The molecule has 7 nitrogen and oxygen atoms in total. The highest BCUT2D eigenvalue weighted by Gasteiger charge is 2.30. The van der Waals surface area contributed by atoms with Gasteiger partial charge in [-0.3, -0.25) is 4.79 Å². The number of rotatable bonds is 6. The predicted molar refractivity (Wildman–Crippen MR) is 92.2 cm³/mol. The van der Waals surface area contributed by atoms with Crippen LogP contribution in [-0.4, -0.2) is 44.1 Å². The Bertz CT molecular complexity index is 792. The summed E-state index contributed by atoms with van der Waals surface area (Å²) in [6.07, 6.45) is -2.51. The largest absolute Gasteiger partial charge is 0.416 e. The lowest BCUT2D eigenvalue weighted by atomic mass is 10.2. The Hall–Kier alpha value is -2.14. The van der Waals surface area contributed by atoms with Crippen molar-refractivity contribution in [1.29, 1.82) is 0 Å². The number of amides is 1. The molecule has 27 heavy (non-hydrogen) atoms. The topological polar surface area (TPSA) is 81.9 Å². The van der Waals surface area contributed by atoms with Crippen LogP contribution < -0.4 is 5.32 Å². The molecule has 0 aliphatic carbocycles. The molecule has 2 atom stereocenters. The minimum Gasteiger partial charge on any atom is -0.376 e. The highest BCUT2D eigenvalue weighted by Crippen LogP contribution is 2.31. The molecule has 1 saturated heterocycles. The lowest BCUT2D eigenvalue weighted by molar-refractivity contribution is -0.137. The van der Waals surface area contributed by atoms with Crippen LogP contribution in [0.4, 0.5) is 18.9 Å². The molecule has 0 bridgehead atoms. The van der Waals surface area contributed by atoms with Crippen molar-refractivity contribution >= 4 is 23.4 Å². The number of ether oxygens (including phenoxy) is 1. The molecule has 0 spiro atoms. The third-order valence-corrected chi connectivity index (χ3v) is 5.08. The van der Waals surface area contributed by atoms with E-state index in [0.717, 1.165) is 36.7 Å². The van der Waals surface area contributed by atoms with Gasteiger partial charge in [0.05, 0.1) is 23.5 Å². The van der Waals surface area contributed by atoms with Crippen molar-refractivity contribution < 1.29 is 22.7 Å². The van der Waals surface area contributed by atoms with Crippen LogP contribution in [0.2, 0.25) is 0 Å². The first kappa shape index (κ1) is 19.6. The molecule has 1 amide bonds. The van der Waals surface area contributed by atoms with E-state index < -0.39 is 22.9 Å². The number of halogens is 3. The number of hydrogen-bond acceptors (Lipinski definition) is 6. The highest BCUT2D eigenvalue weighted by atomic mass is 32.2. The van der Waals surface area contributed by atoms with Crippen molar-refractivity contribution in [2.75, 3.05) is 11.9 Å². The smallest absolute Gasteiger partial charge is 0.376 e. The van der Waals surface area contributed by atoms with E-state index in [2.05, 4.69) is 20.8 Å². The van der Waals surface area contributed by atoms with E-state index in [1.807, 2.05) is 0 Å². The zero-order valence-electron chi connectivity index (χ0n) is 14.4. The number of tetrazole rings is 1. The second kappa shape index (κ2) is 8.26. The summed E-state index contributed by atoms with van der Waals surface area (Å²) < 4.78 is 45.5. The number of hydrogen-bond donors (Lipinski definition) is 1. The van der Waals surface area contributed by atoms with Crippen molar-refractivity contribution in [1.82, 2.24) is 20.2 Å². The van der Waals surface area contributed by atoms with E-state index in [1.54, 1.807) is 11.6 Å². The number of thioether (sulfide) groups is 1. The lowest BCUT2D eigenvalue weighted by Crippen LogP contribution is -2.24. The SMILES string of the molecule is CC(Sc1nnnn1CC1CCCO1)C(=O)Nc1cccc(C(F)(F)F)c1. The fourth-order valence-corrected chi connectivity index (χ4v) is 3.40. The first-order valence-corrected chi connectivity index (χ1v) is 9.23. The molecule has 146 valence electrons. The molecule has 1 aliphatic rings. The minimum atomic E-state index is -4.47. The number of benzene rings is 1. The van der Waals surface area contributed by atoms with Crippen molar-refractivity contribution in [2.45, 2.75) is 49.0 Å². The molecule has 0 saturated carbocycles. The Morgan fingerprint density at radius 1 is 1.48 bits per heavy atom. The fourth-order valence-electron chi connectivity index (χ4n) is 2.61. The molecule has 1 fully saturated rings. The van der Waals surface area contributed by atoms with Crippen LogP contribution in [0, 0.1) is 0 Å². The van der Waals surface area contributed by atoms with Gasteiger partial charge in [0, 0.05) is 12.3 Å². The Morgan fingerprint density at radius 3 is 3.00 bits per heavy atom. The van der Waals surface area contributed by atoms with Crippen LogP contribution in [0.25, 0.3) is 0 Å². The van der Waals surface area contributed by atoms with Crippen LogP contribution >= 0.6 is 11.8 Å². The molecular formula is C16H18F3N5O2S. The van der Waals surface area contributed by atoms with Gasteiger partial charge in [-0.05, 0) is 48.4 Å². The van der Waals surface area contributed by atoms with Gasteiger partial charge < -0.3 is 10.1 Å². The number of anilines is 1.